The lowest BCUT2D eigenvalue weighted by Crippen LogP contribution is -1.86. The normalized spacial score (nSPS) is 10.4. The predicted molar refractivity (Wildman–Crippen MR) is 60.8 cm³/mol. The molecule has 0 bridgehead atoms. The van der Waals surface area contributed by atoms with E-state index in [1.165, 1.54) is 21.1 Å². The molecule has 2 rings (SSSR count). The highest BCUT2D eigenvalue weighted by molar-refractivity contribution is 7.11. The van der Waals surface area contributed by atoms with Gasteiger partial charge < -0.3 is 0 Å². The number of rotatable bonds is 2. The number of benzene rings is 1. The SMILES string of the molecule is Cc1nc(Cc2ccccc2)sc1C. The molecule has 0 fully saturated rings. The molecule has 0 unspecified atom stereocenters. The van der Waals surface area contributed by atoms with Crippen LogP contribution in [0.5, 0.6) is 0 Å². The van der Waals surface area contributed by atoms with Gasteiger partial charge in [-0.25, -0.2) is 4.98 Å². The lowest BCUT2D eigenvalue weighted by molar-refractivity contribution is 1.10. The van der Waals surface area contributed by atoms with Crippen molar-refractivity contribution in [2.24, 2.45) is 0 Å². The Morgan fingerprint density at radius 2 is 1.86 bits per heavy atom. The quantitative estimate of drug-likeness (QED) is 0.729. The average molecular weight is 203 g/mol. The minimum absolute atomic E-state index is 0.959. The Kier molecular flexibility index (Phi) is 2.64. The van der Waals surface area contributed by atoms with Crippen LogP contribution >= 0.6 is 11.3 Å². The highest BCUT2D eigenvalue weighted by Crippen LogP contribution is 2.19. The lowest BCUT2D eigenvalue weighted by Gasteiger charge is -1.95. The summed E-state index contributed by atoms with van der Waals surface area (Å²) in [6.07, 6.45) is 0.959. The zero-order valence-corrected chi connectivity index (χ0v) is 9.27. The minimum Gasteiger partial charge on any atom is -0.246 e. The van der Waals surface area contributed by atoms with Crippen LogP contribution in [0.1, 0.15) is 21.1 Å². The van der Waals surface area contributed by atoms with Gasteiger partial charge in [-0.2, -0.15) is 0 Å². The molecule has 1 aromatic carbocycles. The Morgan fingerprint density at radius 1 is 1.14 bits per heavy atom. The summed E-state index contributed by atoms with van der Waals surface area (Å²) in [6, 6.07) is 10.5. The zero-order valence-electron chi connectivity index (χ0n) is 8.45. The number of hydrogen-bond donors (Lipinski definition) is 0. The molecule has 1 heterocycles. The number of aromatic nitrogens is 1. The highest BCUT2D eigenvalue weighted by atomic mass is 32.1. The van der Waals surface area contributed by atoms with E-state index in [9.17, 15) is 0 Å². The maximum atomic E-state index is 4.52. The van der Waals surface area contributed by atoms with Crippen molar-refractivity contribution in [3.05, 3.63) is 51.5 Å². The summed E-state index contributed by atoms with van der Waals surface area (Å²) in [4.78, 5) is 5.85. The van der Waals surface area contributed by atoms with E-state index in [1.807, 2.05) is 6.07 Å². The second kappa shape index (κ2) is 3.93. The molecule has 0 atom stereocenters. The molecule has 0 aliphatic heterocycles. The largest absolute Gasteiger partial charge is 0.246 e. The van der Waals surface area contributed by atoms with E-state index in [0.717, 1.165) is 6.42 Å². The van der Waals surface area contributed by atoms with Gasteiger partial charge in [0, 0.05) is 11.3 Å². The molecule has 0 aliphatic carbocycles. The third kappa shape index (κ3) is 2.02. The standard InChI is InChI=1S/C12H13NS/c1-9-10(2)14-12(13-9)8-11-6-4-3-5-7-11/h3-7H,8H2,1-2H3. The maximum Gasteiger partial charge on any atom is 0.0974 e. The first-order chi connectivity index (χ1) is 6.75. The van der Waals surface area contributed by atoms with Crippen molar-refractivity contribution >= 4 is 11.3 Å². The number of thiazole rings is 1. The van der Waals surface area contributed by atoms with Gasteiger partial charge in [-0.1, -0.05) is 30.3 Å². The summed E-state index contributed by atoms with van der Waals surface area (Å²) in [5, 5.41) is 1.21. The number of nitrogens with zero attached hydrogens (tertiary/aromatic N) is 1. The molecule has 72 valence electrons. The van der Waals surface area contributed by atoms with Crippen molar-refractivity contribution in [2.45, 2.75) is 20.3 Å². The van der Waals surface area contributed by atoms with E-state index in [0.29, 0.717) is 0 Å². The first kappa shape index (κ1) is 9.41. The molecule has 2 heteroatoms. The summed E-state index contributed by atoms with van der Waals surface area (Å²) >= 11 is 1.80. The highest BCUT2D eigenvalue weighted by Gasteiger charge is 2.03. The molecule has 1 nitrogen and oxygen atoms in total. The molecule has 14 heavy (non-hydrogen) atoms. The van der Waals surface area contributed by atoms with Crippen LogP contribution in [0.2, 0.25) is 0 Å². The van der Waals surface area contributed by atoms with E-state index < -0.39 is 0 Å². The van der Waals surface area contributed by atoms with Crippen molar-refractivity contribution in [1.82, 2.24) is 4.98 Å². The van der Waals surface area contributed by atoms with Crippen LogP contribution in [0.3, 0.4) is 0 Å². The zero-order chi connectivity index (χ0) is 9.97. The van der Waals surface area contributed by atoms with Crippen LogP contribution in [-0.4, -0.2) is 4.98 Å². The van der Waals surface area contributed by atoms with Gasteiger partial charge in [0.05, 0.1) is 10.7 Å². The molecule has 1 aromatic heterocycles. The summed E-state index contributed by atoms with van der Waals surface area (Å²) < 4.78 is 0. The number of aryl methyl sites for hydroxylation is 2. The van der Waals surface area contributed by atoms with Gasteiger partial charge in [-0.05, 0) is 19.4 Å². The van der Waals surface area contributed by atoms with Crippen molar-refractivity contribution in [2.75, 3.05) is 0 Å². The van der Waals surface area contributed by atoms with Crippen LogP contribution in [-0.2, 0) is 6.42 Å². The van der Waals surface area contributed by atoms with E-state index in [4.69, 9.17) is 0 Å². The van der Waals surface area contributed by atoms with Gasteiger partial charge in [-0.3, -0.25) is 0 Å². The average Bonchev–Trinajstić information content (AvgIpc) is 2.47. The molecule has 0 amide bonds. The molecule has 0 N–H and O–H groups in total. The van der Waals surface area contributed by atoms with Crippen LogP contribution in [0.15, 0.2) is 30.3 Å². The molecule has 0 spiro atoms. The van der Waals surface area contributed by atoms with Crippen LogP contribution in [0, 0.1) is 13.8 Å². The predicted octanol–water partition coefficient (Wildman–Crippen LogP) is 3.35. The van der Waals surface area contributed by atoms with Gasteiger partial charge in [-0.15, -0.1) is 11.3 Å². The second-order valence-electron chi connectivity index (χ2n) is 3.41. The van der Waals surface area contributed by atoms with E-state index in [1.54, 1.807) is 11.3 Å². The van der Waals surface area contributed by atoms with Gasteiger partial charge in [0.1, 0.15) is 0 Å². The van der Waals surface area contributed by atoms with Crippen molar-refractivity contribution < 1.29 is 0 Å². The third-order valence-corrected chi connectivity index (χ3v) is 3.34. The monoisotopic (exact) mass is 203 g/mol. The number of hydrogen-bond acceptors (Lipinski definition) is 2. The fraction of sp³-hybridized carbons (Fsp3) is 0.250. The van der Waals surface area contributed by atoms with Crippen molar-refractivity contribution in [3.8, 4) is 0 Å². The summed E-state index contributed by atoms with van der Waals surface area (Å²) in [5.74, 6) is 0. The molecule has 0 saturated heterocycles. The van der Waals surface area contributed by atoms with E-state index >= 15 is 0 Å². The van der Waals surface area contributed by atoms with Gasteiger partial charge in [0.25, 0.3) is 0 Å². The fourth-order valence-corrected chi connectivity index (χ4v) is 2.35. The molecule has 2 aromatic rings. The summed E-state index contributed by atoms with van der Waals surface area (Å²) in [5.41, 5.74) is 2.50. The Bertz CT molecular complexity index is 398. The Morgan fingerprint density at radius 3 is 2.43 bits per heavy atom. The molecule has 0 saturated carbocycles. The first-order valence-electron chi connectivity index (χ1n) is 4.72. The van der Waals surface area contributed by atoms with E-state index in [2.05, 4.69) is 43.1 Å². The third-order valence-electron chi connectivity index (χ3n) is 2.27. The van der Waals surface area contributed by atoms with Gasteiger partial charge >= 0.3 is 0 Å². The molecular weight excluding hydrogens is 190 g/mol. The molecular formula is C12H13NS. The Labute approximate surface area is 88.4 Å². The second-order valence-corrected chi connectivity index (χ2v) is 4.70. The van der Waals surface area contributed by atoms with Crippen LogP contribution < -0.4 is 0 Å². The Hall–Kier alpha value is -1.15. The molecule has 0 aliphatic rings. The van der Waals surface area contributed by atoms with E-state index in [-0.39, 0.29) is 0 Å². The Balaban J connectivity index is 2.19. The van der Waals surface area contributed by atoms with Crippen LogP contribution in [0.4, 0.5) is 0 Å². The van der Waals surface area contributed by atoms with Gasteiger partial charge in [0.15, 0.2) is 0 Å². The smallest absolute Gasteiger partial charge is 0.0974 e. The fourth-order valence-electron chi connectivity index (χ4n) is 1.39. The topological polar surface area (TPSA) is 12.9 Å². The van der Waals surface area contributed by atoms with Gasteiger partial charge in [0.2, 0.25) is 0 Å². The van der Waals surface area contributed by atoms with Crippen molar-refractivity contribution in [3.63, 3.8) is 0 Å². The summed E-state index contributed by atoms with van der Waals surface area (Å²) in [6.45, 7) is 4.20. The molecule has 0 radical (unpaired) electrons. The minimum atomic E-state index is 0.959. The summed E-state index contributed by atoms with van der Waals surface area (Å²) in [7, 11) is 0. The maximum absolute atomic E-state index is 4.52. The first-order valence-corrected chi connectivity index (χ1v) is 5.54. The lowest BCUT2D eigenvalue weighted by atomic mass is 10.2. The van der Waals surface area contributed by atoms with Crippen LogP contribution in [0.25, 0.3) is 0 Å². The van der Waals surface area contributed by atoms with Crippen molar-refractivity contribution in [1.29, 1.82) is 0 Å².